The minimum absolute atomic E-state index is 0.0888. The summed E-state index contributed by atoms with van der Waals surface area (Å²) in [7, 11) is -4.61. The Kier molecular flexibility index (Phi) is 34.5. The molecule has 348 valence electrons. The lowest BCUT2D eigenvalue weighted by Crippen LogP contribution is -2.60. The summed E-state index contributed by atoms with van der Waals surface area (Å²) < 4.78 is 54.0. The first-order valence-corrected chi connectivity index (χ1v) is 24.8. The van der Waals surface area contributed by atoms with Gasteiger partial charge in [-0.05, 0) is 51.4 Å². The first-order valence-electron chi connectivity index (χ1n) is 23.2. The Bertz CT molecular complexity index is 1300. The van der Waals surface area contributed by atoms with Crippen LogP contribution in [-0.2, 0) is 38.7 Å². The van der Waals surface area contributed by atoms with Crippen LogP contribution < -0.4 is 0 Å². The van der Waals surface area contributed by atoms with Crippen LogP contribution in [0.4, 0.5) is 0 Å². The topological polar surface area (TPSA) is 186 Å². The predicted octanol–water partition coefficient (Wildman–Crippen LogP) is 9.56. The van der Waals surface area contributed by atoms with Gasteiger partial charge in [0, 0.05) is 12.8 Å². The highest BCUT2D eigenvalue weighted by molar-refractivity contribution is 7.85. The van der Waals surface area contributed by atoms with E-state index in [1.165, 1.54) is 89.9 Å². The fraction of sp³-hybridized carbons (Fsp3) is 0.787. The Morgan fingerprint density at radius 1 is 0.567 bits per heavy atom. The smallest absolute Gasteiger partial charge is 0.306 e. The molecule has 12 nitrogen and oxygen atoms in total. The van der Waals surface area contributed by atoms with Crippen LogP contribution in [-0.4, -0.2) is 96.0 Å². The molecule has 0 radical (unpaired) electrons. The van der Waals surface area contributed by atoms with Gasteiger partial charge in [-0.1, -0.05) is 165 Å². The zero-order valence-corrected chi connectivity index (χ0v) is 37.9. The van der Waals surface area contributed by atoms with Crippen molar-refractivity contribution in [2.45, 2.75) is 218 Å². The summed E-state index contributed by atoms with van der Waals surface area (Å²) >= 11 is 0. The van der Waals surface area contributed by atoms with Crippen LogP contribution in [0.2, 0.25) is 0 Å². The first-order chi connectivity index (χ1) is 29.0. The van der Waals surface area contributed by atoms with Crippen molar-refractivity contribution in [2.24, 2.45) is 0 Å². The summed E-state index contributed by atoms with van der Waals surface area (Å²) in [5.41, 5.74) is 0. The largest absolute Gasteiger partial charge is 0.462 e. The molecule has 6 atom stereocenters. The molecule has 1 heterocycles. The average Bonchev–Trinajstić information content (AvgIpc) is 3.21. The number of unbranched alkanes of at least 4 members (excludes halogenated alkanes) is 18. The molecule has 60 heavy (non-hydrogen) atoms. The molecular formula is C47H82O12S. The number of hydrogen-bond acceptors (Lipinski definition) is 11. The molecule has 0 aromatic heterocycles. The van der Waals surface area contributed by atoms with Gasteiger partial charge in [0.15, 0.2) is 12.4 Å². The number of aliphatic hydroxyl groups is 3. The van der Waals surface area contributed by atoms with Crippen molar-refractivity contribution in [1.29, 1.82) is 0 Å². The molecule has 1 rings (SSSR count). The van der Waals surface area contributed by atoms with Gasteiger partial charge in [0.2, 0.25) is 0 Å². The van der Waals surface area contributed by atoms with Crippen LogP contribution in [0, 0.1) is 0 Å². The van der Waals surface area contributed by atoms with Crippen molar-refractivity contribution >= 4 is 22.1 Å². The third-order valence-corrected chi connectivity index (χ3v) is 11.2. The minimum Gasteiger partial charge on any atom is -0.462 e. The number of hydrogen-bond donors (Lipinski definition) is 4. The predicted molar refractivity (Wildman–Crippen MR) is 238 cm³/mol. The van der Waals surface area contributed by atoms with E-state index in [0.29, 0.717) is 19.3 Å². The molecule has 1 fully saturated rings. The number of carbonyl (C=O) groups is 2. The number of carbonyl (C=O) groups excluding carboxylic acids is 2. The highest BCUT2D eigenvalue weighted by Crippen LogP contribution is 2.24. The fourth-order valence-corrected chi connectivity index (χ4v) is 7.48. The second-order valence-corrected chi connectivity index (χ2v) is 17.6. The maximum absolute atomic E-state index is 12.8. The SMILES string of the molecule is CCCCCCCCC/C=C/C/C=C/C/C=C/C/C=C/CCCC(=O)O[C@H](COC(=O)CCCCCCCCCCCCC)CO[C@H]1O[C@H](CS(=O)(=O)O)[C@@H](O)C(O)C1O. The molecule has 4 N–H and O–H groups in total. The molecule has 13 heteroatoms. The Morgan fingerprint density at radius 2 is 1.02 bits per heavy atom. The van der Waals surface area contributed by atoms with Gasteiger partial charge in [-0.15, -0.1) is 0 Å². The monoisotopic (exact) mass is 871 g/mol. The summed E-state index contributed by atoms with van der Waals surface area (Å²) in [4.78, 5) is 25.3. The van der Waals surface area contributed by atoms with E-state index in [4.69, 9.17) is 18.9 Å². The average molecular weight is 871 g/mol. The van der Waals surface area contributed by atoms with Gasteiger partial charge in [-0.25, -0.2) is 0 Å². The lowest BCUT2D eigenvalue weighted by molar-refractivity contribution is -0.297. The van der Waals surface area contributed by atoms with Crippen molar-refractivity contribution in [2.75, 3.05) is 19.0 Å². The Labute approximate surface area is 363 Å². The summed E-state index contributed by atoms with van der Waals surface area (Å²) in [6.45, 7) is 3.70. The molecule has 1 aliphatic rings. The molecule has 0 aliphatic carbocycles. The van der Waals surface area contributed by atoms with Crippen molar-refractivity contribution in [3.8, 4) is 0 Å². The van der Waals surface area contributed by atoms with E-state index in [1.54, 1.807) is 0 Å². The number of ether oxygens (including phenoxy) is 4. The van der Waals surface area contributed by atoms with E-state index in [9.17, 15) is 37.9 Å². The second-order valence-electron chi connectivity index (χ2n) is 16.1. The first kappa shape index (κ1) is 55.6. The summed E-state index contributed by atoms with van der Waals surface area (Å²) in [5.74, 6) is -2.06. The molecule has 0 aromatic rings. The van der Waals surface area contributed by atoms with Crippen LogP contribution >= 0.6 is 0 Å². The zero-order chi connectivity index (χ0) is 44.1. The van der Waals surface area contributed by atoms with E-state index in [2.05, 4.69) is 50.3 Å². The van der Waals surface area contributed by atoms with Gasteiger partial charge in [0.1, 0.15) is 36.8 Å². The third kappa shape index (κ3) is 31.5. The van der Waals surface area contributed by atoms with Crippen LogP contribution in [0.1, 0.15) is 181 Å². The molecule has 2 unspecified atom stereocenters. The number of aliphatic hydroxyl groups excluding tert-OH is 3. The maximum atomic E-state index is 12.8. The number of esters is 2. The highest BCUT2D eigenvalue weighted by atomic mass is 32.2. The molecule has 1 saturated heterocycles. The fourth-order valence-electron chi connectivity index (χ4n) is 6.79. The van der Waals surface area contributed by atoms with Gasteiger partial charge in [-0.2, -0.15) is 8.42 Å². The van der Waals surface area contributed by atoms with E-state index in [1.807, 2.05) is 12.2 Å². The number of rotatable bonds is 38. The quantitative estimate of drug-likeness (QED) is 0.0200. The van der Waals surface area contributed by atoms with Crippen molar-refractivity contribution in [3.63, 3.8) is 0 Å². The standard InChI is InChI=1S/C47H82O12S/c1-3-5-7-9-11-13-15-16-17-18-19-20-21-22-23-24-26-28-30-32-34-36-43(49)58-40(37-56-42(48)35-33-31-29-27-25-14-12-10-8-6-4-2)38-57-47-46(52)45(51)44(50)41(59-47)39-60(53,54)55/h17-18,20-21,23-24,28,30,40-41,44-47,50-52H,3-16,19,22,25-27,29,31-39H2,1-2H3,(H,53,54,55)/b18-17+,21-20+,24-23+,30-28+/t40-,41-,44-,45?,46?,47+/m1/s1. The Morgan fingerprint density at radius 3 is 1.53 bits per heavy atom. The van der Waals surface area contributed by atoms with Gasteiger partial charge in [-0.3, -0.25) is 14.1 Å². The van der Waals surface area contributed by atoms with E-state index >= 15 is 0 Å². The van der Waals surface area contributed by atoms with Crippen molar-refractivity contribution in [3.05, 3.63) is 48.6 Å². The summed E-state index contributed by atoms with van der Waals surface area (Å²) in [6, 6.07) is 0. The second kappa shape index (κ2) is 37.2. The van der Waals surface area contributed by atoms with Crippen molar-refractivity contribution in [1.82, 2.24) is 0 Å². The van der Waals surface area contributed by atoms with Gasteiger partial charge in [0.05, 0.1) is 6.61 Å². The molecule has 0 bridgehead atoms. The Hall–Kier alpha value is -2.39. The van der Waals surface area contributed by atoms with Crippen LogP contribution in [0.5, 0.6) is 0 Å². The normalized spacial score (nSPS) is 20.5. The zero-order valence-electron chi connectivity index (χ0n) is 37.1. The number of allylic oxidation sites excluding steroid dienone is 8. The molecule has 0 saturated carbocycles. The molecular weight excluding hydrogens is 789 g/mol. The lowest BCUT2D eigenvalue weighted by Gasteiger charge is -2.40. The van der Waals surface area contributed by atoms with E-state index in [0.717, 1.165) is 44.9 Å². The maximum Gasteiger partial charge on any atom is 0.306 e. The van der Waals surface area contributed by atoms with E-state index < -0.39 is 71.2 Å². The third-order valence-electron chi connectivity index (χ3n) is 10.4. The Balaban J connectivity index is 2.47. The molecule has 1 aliphatic heterocycles. The van der Waals surface area contributed by atoms with Gasteiger partial charge in [0.25, 0.3) is 10.1 Å². The molecule has 0 amide bonds. The lowest BCUT2D eigenvalue weighted by atomic mass is 10.00. The molecule has 0 spiro atoms. The van der Waals surface area contributed by atoms with Gasteiger partial charge >= 0.3 is 11.9 Å². The van der Waals surface area contributed by atoms with Crippen molar-refractivity contribution < 1.29 is 56.8 Å². The minimum atomic E-state index is -4.61. The van der Waals surface area contributed by atoms with Gasteiger partial charge < -0.3 is 34.3 Å². The van der Waals surface area contributed by atoms with Crippen LogP contribution in [0.15, 0.2) is 48.6 Å². The van der Waals surface area contributed by atoms with Crippen LogP contribution in [0.25, 0.3) is 0 Å². The molecule has 0 aromatic carbocycles. The van der Waals surface area contributed by atoms with E-state index in [-0.39, 0.29) is 19.4 Å². The highest BCUT2D eigenvalue weighted by Gasteiger charge is 2.46. The van der Waals surface area contributed by atoms with Crippen LogP contribution in [0.3, 0.4) is 0 Å². The summed E-state index contributed by atoms with van der Waals surface area (Å²) in [6.07, 6.45) is 34.6. The summed E-state index contributed by atoms with van der Waals surface area (Å²) in [5, 5.41) is 30.9.